The van der Waals surface area contributed by atoms with Gasteiger partial charge >= 0.3 is 11.9 Å². The van der Waals surface area contributed by atoms with Crippen molar-refractivity contribution < 1.29 is 34.0 Å². The maximum absolute atomic E-state index is 12.1. The summed E-state index contributed by atoms with van der Waals surface area (Å²) in [5, 5.41) is 18.9. The largest absolute Gasteiger partial charge is 0.496 e. The number of carboxylic acid groups (broad SMARTS) is 2. The van der Waals surface area contributed by atoms with Gasteiger partial charge in [0.1, 0.15) is 22.7 Å². The molecule has 138 valence electrons. The summed E-state index contributed by atoms with van der Waals surface area (Å²) in [5.41, 5.74) is 2.81. The lowest BCUT2D eigenvalue weighted by atomic mass is 9.94. The summed E-state index contributed by atoms with van der Waals surface area (Å²) in [5.74, 6) is -3.12. The first kappa shape index (κ1) is 18.6. The fourth-order valence-electron chi connectivity index (χ4n) is 2.54. The molecular weight excluding hydrogens is 348 g/mol. The van der Waals surface area contributed by atoms with Gasteiger partial charge in [0.2, 0.25) is 0 Å². The number of aromatic amines is 1. The fraction of sp³-hybridized carbons (Fsp3) is 0.188. The SMILES string of the molecule is COc1cc(OC)c(-c2c(C(=O)O)c(N)[nH]c(=O)c2C(=O)O)cc1OC. The Bertz CT molecular complexity index is 948. The molecule has 0 saturated heterocycles. The van der Waals surface area contributed by atoms with Gasteiger partial charge in [-0.2, -0.15) is 0 Å². The molecule has 5 N–H and O–H groups in total. The van der Waals surface area contributed by atoms with E-state index in [0.717, 1.165) is 0 Å². The number of nitrogens with two attached hydrogens (primary N) is 1. The average molecular weight is 364 g/mol. The van der Waals surface area contributed by atoms with Crippen LogP contribution in [0.5, 0.6) is 17.2 Å². The quantitative estimate of drug-likeness (QED) is 0.587. The number of hydrogen-bond donors (Lipinski definition) is 4. The summed E-state index contributed by atoms with van der Waals surface area (Å²) in [7, 11) is 4.02. The maximum Gasteiger partial charge on any atom is 0.342 e. The normalized spacial score (nSPS) is 10.3. The molecule has 0 amide bonds. The molecule has 0 aliphatic rings. The van der Waals surface area contributed by atoms with E-state index >= 15 is 0 Å². The highest BCUT2D eigenvalue weighted by atomic mass is 16.5. The monoisotopic (exact) mass is 364 g/mol. The molecule has 0 unspecified atom stereocenters. The topological polar surface area (TPSA) is 161 Å². The van der Waals surface area contributed by atoms with Crippen molar-refractivity contribution in [1.29, 1.82) is 0 Å². The van der Waals surface area contributed by atoms with Crippen LogP contribution in [0.15, 0.2) is 16.9 Å². The molecule has 0 aliphatic carbocycles. The minimum Gasteiger partial charge on any atom is -0.496 e. The van der Waals surface area contributed by atoms with Crippen molar-refractivity contribution in [3.05, 3.63) is 33.6 Å². The van der Waals surface area contributed by atoms with Crippen LogP contribution in [-0.2, 0) is 0 Å². The number of methoxy groups -OCH3 is 3. The van der Waals surface area contributed by atoms with Crippen molar-refractivity contribution in [2.75, 3.05) is 27.1 Å². The molecule has 0 saturated carbocycles. The van der Waals surface area contributed by atoms with Gasteiger partial charge in [-0.15, -0.1) is 0 Å². The van der Waals surface area contributed by atoms with Crippen LogP contribution in [0.25, 0.3) is 11.1 Å². The predicted octanol–water partition coefficient (Wildman–Crippen LogP) is 1.05. The van der Waals surface area contributed by atoms with Crippen LogP contribution in [0.4, 0.5) is 5.82 Å². The number of nitrogens with one attached hydrogen (secondary N) is 1. The Morgan fingerprint density at radius 1 is 0.923 bits per heavy atom. The summed E-state index contributed by atoms with van der Waals surface area (Å²) < 4.78 is 15.5. The summed E-state index contributed by atoms with van der Waals surface area (Å²) in [6, 6.07) is 2.69. The second kappa shape index (κ2) is 7.05. The van der Waals surface area contributed by atoms with E-state index in [1.165, 1.54) is 33.5 Å². The van der Waals surface area contributed by atoms with Crippen molar-refractivity contribution in [1.82, 2.24) is 4.98 Å². The summed E-state index contributed by atoms with van der Waals surface area (Å²) in [6.45, 7) is 0. The molecule has 0 radical (unpaired) electrons. The third kappa shape index (κ3) is 2.99. The number of benzene rings is 1. The third-order valence-corrected chi connectivity index (χ3v) is 3.65. The zero-order valence-electron chi connectivity index (χ0n) is 14.1. The highest BCUT2D eigenvalue weighted by Gasteiger charge is 2.29. The van der Waals surface area contributed by atoms with E-state index < -0.39 is 40.0 Å². The van der Waals surface area contributed by atoms with Crippen molar-refractivity contribution >= 4 is 17.8 Å². The van der Waals surface area contributed by atoms with Crippen LogP contribution in [0.3, 0.4) is 0 Å². The van der Waals surface area contributed by atoms with Gasteiger partial charge in [0.15, 0.2) is 11.5 Å². The first-order valence-electron chi connectivity index (χ1n) is 7.09. The third-order valence-electron chi connectivity index (χ3n) is 3.65. The lowest BCUT2D eigenvalue weighted by Gasteiger charge is -2.17. The molecule has 26 heavy (non-hydrogen) atoms. The Morgan fingerprint density at radius 3 is 1.88 bits per heavy atom. The Hall–Kier alpha value is -3.69. The average Bonchev–Trinajstić information content (AvgIpc) is 2.58. The van der Waals surface area contributed by atoms with Gasteiger partial charge in [-0.1, -0.05) is 0 Å². The molecule has 0 bridgehead atoms. The van der Waals surface area contributed by atoms with Crippen molar-refractivity contribution in [2.24, 2.45) is 0 Å². The molecular formula is C16H16N2O8. The Balaban J connectivity index is 3.06. The number of H-pyrrole nitrogens is 1. The zero-order valence-corrected chi connectivity index (χ0v) is 14.1. The molecule has 10 heteroatoms. The fourth-order valence-corrected chi connectivity index (χ4v) is 2.54. The highest BCUT2D eigenvalue weighted by Crippen LogP contribution is 2.42. The minimum atomic E-state index is -1.62. The molecule has 0 fully saturated rings. The van der Waals surface area contributed by atoms with Gasteiger partial charge in [-0.05, 0) is 6.07 Å². The Morgan fingerprint density at radius 2 is 1.42 bits per heavy atom. The number of aromatic carboxylic acids is 2. The Labute approximate surface area is 146 Å². The van der Waals surface area contributed by atoms with Gasteiger partial charge in [0, 0.05) is 17.2 Å². The number of rotatable bonds is 6. The summed E-state index contributed by atoms with van der Waals surface area (Å²) in [6.07, 6.45) is 0. The first-order valence-corrected chi connectivity index (χ1v) is 7.09. The second-order valence-corrected chi connectivity index (χ2v) is 5.01. The van der Waals surface area contributed by atoms with Crippen LogP contribution >= 0.6 is 0 Å². The molecule has 10 nitrogen and oxygen atoms in total. The first-order chi connectivity index (χ1) is 12.3. The number of hydrogen-bond acceptors (Lipinski definition) is 7. The number of ether oxygens (including phenoxy) is 3. The van der Waals surface area contributed by atoms with E-state index in [2.05, 4.69) is 0 Å². The van der Waals surface area contributed by atoms with Gasteiger partial charge in [0.25, 0.3) is 5.56 Å². The predicted molar refractivity (Wildman–Crippen MR) is 90.5 cm³/mol. The molecule has 1 aromatic carbocycles. The lowest BCUT2D eigenvalue weighted by Crippen LogP contribution is -2.24. The number of nitrogen functional groups attached to an aromatic ring is 1. The van der Waals surface area contributed by atoms with Crippen LogP contribution in [0.2, 0.25) is 0 Å². The van der Waals surface area contributed by atoms with E-state index in [1.54, 1.807) is 0 Å². The van der Waals surface area contributed by atoms with Crippen LogP contribution in [0.1, 0.15) is 20.7 Å². The van der Waals surface area contributed by atoms with Gasteiger partial charge in [-0.3, -0.25) is 4.79 Å². The maximum atomic E-state index is 12.1. The zero-order chi connectivity index (χ0) is 19.6. The van der Waals surface area contributed by atoms with E-state index in [4.69, 9.17) is 19.9 Å². The number of carbonyl (C=O) groups is 2. The molecule has 1 heterocycles. The molecule has 0 spiro atoms. The van der Waals surface area contributed by atoms with Crippen LogP contribution < -0.4 is 25.5 Å². The van der Waals surface area contributed by atoms with Crippen LogP contribution in [-0.4, -0.2) is 48.5 Å². The second-order valence-electron chi connectivity index (χ2n) is 5.01. The standard InChI is InChI=1S/C16H16N2O8/c1-24-7-5-9(26-3)8(25-2)4-6(7)10-11(15(20)21)13(17)18-14(19)12(10)16(22)23/h4-5H,1-3H3,(H,20,21)(H,22,23)(H3,17,18,19). The number of pyridine rings is 1. The summed E-state index contributed by atoms with van der Waals surface area (Å²) >= 11 is 0. The van der Waals surface area contributed by atoms with E-state index in [1.807, 2.05) is 4.98 Å². The molecule has 0 atom stereocenters. The molecule has 2 aromatic rings. The van der Waals surface area contributed by atoms with Crippen molar-refractivity contribution in [3.63, 3.8) is 0 Å². The van der Waals surface area contributed by atoms with Crippen LogP contribution in [0, 0.1) is 0 Å². The number of anilines is 1. The van der Waals surface area contributed by atoms with Gasteiger partial charge in [0.05, 0.1) is 21.3 Å². The van der Waals surface area contributed by atoms with E-state index in [-0.39, 0.29) is 22.8 Å². The smallest absolute Gasteiger partial charge is 0.342 e. The Kier molecular flexibility index (Phi) is 5.06. The lowest BCUT2D eigenvalue weighted by molar-refractivity contribution is 0.0695. The van der Waals surface area contributed by atoms with Gasteiger partial charge in [-0.25, -0.2) is 9.59 Å². The molecule has 2 rings (SSSR count). The number of carboxylic acids is 2. The molecule has 0 aliphatic heterocycles. The number of aromatic nitrogens is 1. The summed E-state index contributed by atoms with van der Waals surface area (Å²) in [4.78, 5) is 37.5. The highest BCUT2D eigenvalue weighted by molar-refractivity contribution is 6.08. The van der Waals surface area contributed by atoms with E-state index in [0.29, 0.717) is 0 Å². The van der Waals surface area contributed by atoms with Crippen molar-refractivity contribution in [2.45, 2.75) is 0 Å². The molecule has 1 aromatic heterocycles. The van der Waals surface area contributed by atoms with Gasteiger partial charge < -0.3 is 35.1 Å². The van der Waals surface area contributed by atoms with Crippen molar-refractivity contribution in [3.8, 4) is 28.4 Å². The van der Waals surface area contributed by atoms with E-state index in [9.17, 15) is 24.6 Å². The minimum absolute atomic E-state index is 0.00208.